The molecule has 0 aromatic heterocycles. The van der Waals surface area contributed by atoms with Crippen LogP contribution in [0.2, 0.25) is 0 Å². The number of unbranched alkanes of at least 4 members (excludes halogenated alkanes) is 6. The minimum Gasteiger partial charge on any atom is -0.508 e. The number of hydrogen-bond acceptors (Lipinski definition) is 2. The molecule has 0 unspecified atom stereocenters. The van der Waals surface area contributed by atoms with Crippen molar-refractivity contribution in [3.05, 3.63) is 29.8 Å². The first kappa shape index (κ1) is 16.5. The molecule has 0 spiro atoms. The van der Waals surface area contributed by atoms with E-state index in [4.69, 9.17) is 5.11 Å². The Bertz CT molecular complexity index is 373. The van der Waals surface area contributed by atoms with Gasteiger partial charge in [0, 0.05) is 13.0 Å². The van der Waals surface area contributed by atoms with Crippen molar-refractivity contribution in [2.75, 3.05) is 0 Å². The van der Waals surface area contributed by atoms with Crippen molar-refractivity contribution >= 4 is 5.91 Å². The average molecular weight is 277 g/mol. The lowest BCUT2D eigenvalue weighted by Gasteiger charge is -2.05. The number of amides is 1. The summed E-state index contributed by atoms with van der Waals surface area (Å²) in [5.41, 5.74) is 1.01. The number of phenols is 1. The summed E-state index contributed by atoms with van der Waals surface area (Å²) >= 11 is 0. The second-order valence-corrected chi connectivity index (χ2v) is 5.31. The molecule has 0 aliphatic heterocycles. The zero-order chi connectivity index (χ0) is 14.6. The number of carbonyl (C=O) groups excluding carboxylic acids is 1. The first-order valence-electron chi connectivity index (χ1n) is 7.77. The van der Waals surface area contributed by atoms with Crippen molar-refractivity contribution in [1.82, 2.24) is 5.32 Å². The van der Waals surface area contributed by atoms with E-state index in [-0.39, 0.29) is 11.7 Å². The van der Waals surface area contributed by atoms with Gasteiger partial charge in [-0.2, -0.15) is 0 Å². The zero-order valence-corrected chi connectivity index (χ0v) is 12.5. The molecule has 112 valence electrons. The van der Waals surface area contributed by atoms with Gasteiger partial charge in [0.25, 0.3) is 0 Å². The van der Waals surface area contributed by atoms with E-state index in [1.165, 1.54) is 32.1 Å². The Labute approximate surface area is 122 Å². The van der Waals surface area contributed by atoms with Crippen molar-refractivity contribution in [2.45, 2.75) is 64.8 Å². The highest BCUT2D eigenvalue weighted by Crippen LogP contribution is 2.10. The summed E-state index contributed by atoms with van der Waals surface area (Å²) in [6, 6.07) is 6.92. The highest BCUT2D eigenvalue weighted by molar-refractivity contribution is 5.75. The topological polar surface area (TPSA) is 49.3 Å². The number of nitrogens with one attached hydrogen (secondary N) is 1. The highest BCUT2D eigenvalue weighted by atomic mass is 16.3. The number of rotatable bonds is 10. The molecule has 0 aliphatic carbocycles. The lowest BCUT2D eigenvalue weighted by molar-refractivity contribution is -0.121. The average Bonchev–Trinajstić information content (AvgIpc) is 2.46. The Balaban J connectivity index is 2.01. The quantitative estimate of drug-likeness (QED) is 0.631. The highest BCUT2D eigenvalue weighted by Gasteiger charge is 2.01. The summed E-state index contributed by atoms with van der Waals surface area (Å²) in [7, 11) is 0. The first-order chi connectivity index (χ1) is 9.72. The first-order valence-corrected chi connectivity index (χ1v) is 7.77. The molecule has 3 nitrogen and oxygen atoms in total. The van der Waals surface area contributed by atoms with Gasteiger partial charge in [-0.25, -0.2) is 0 Å². The molecule has 1 amide bonds. The maximum atomic E-state index is 11.7. The van der Waals surface area contributed by atoms with Crippen LogP contribution in [0.1, 0.15) is 63.9 Å². The van der Waals surface area contributed by atoms with Gasteiger partial charge in [-0.05, 0) is 24.1 Å². The van der Waals surface area contributed by atoms with Crippen LogP contribution in [-0.2, 0) is 11.3 Å². The third-order valence-corrected chi connectivity index (χ3v) is 3.43. The summed E-state index contributed by atoms with van der Waals surface area (Å²) in [5, 5.41) is 12.1. The van der Waals surface area contributed by atoms with Gasteiger partial charge in [-0.15, -0.1) is 0 Å². The molecular formula is C17H27NO2. The lowest BCUT2D eigenvalue weighted by Crippen LogP contribution is -2.22. The molecule has 0 heterocycles. The maximum Gasteiger partial charge on any atom is 0.220 e. The summed E-state index contributed by atoms with van der Waals surface area (Å²) < 4.78 is 0. The Morgan fingerprint density at radius 2 is 1.60 bits per heavy atom. The van der Waals surface area contributed by atoms with Gasteiger partial charge in [-0.3, -0.25) is 4.79 Å². The molecule has 3 heteroatoms. The van der Waals surface area contributed by atoms with Crippen molar-refractivity contribution in [1.29, 1.82) is 0 Å². The minimum absolute atomic E-state index is 0.117. The Hall–Kier alpha value is -1.51. The predicted molar refractivity (Wildman–Crippen MR) is 82.6 cm³/mol. The van der Waals surface area contributed by atoms with Gasteiger partial charge >= 0.3 is 0 Å². The normalized spacial score (nSPS) is 10.4. The van der Waals surface area contributed by atoms with Crippen LogP contribution < -0.4 is 5.32 Å². The summed E-state index contributed by atoms with van der Waals surface area (Å²) in [4.78, 5) is 11.7. The molecule has 0 fully saturated rings. The zero-order valence-electron chi connectivity index (χ0n) is 12.5. The van der Waals surface area contributed by atoms with Crippen molar-refractivity contribution in [3.63, 3.8) is 0 Å². The molecule has 1 rings (SSSR count). The second kappa shape index (κ2) is 10.3. The fraction of sp³-hybridized carbons (Fsp3) is 0.588. The molecule has 0 saturated carbocycles. The van der Waals surface area contributed by atoms with Crippen molar-refractivity contribution < 1.29 is 9.90 Å². The van der Waals surface area contributed by atoms with Gasteiger partial charge in [0.2, 0.25) is 5.91 Å². The Morgan fingerprint density at radius 1 is 1.00 bits per heavy atom. The van der Waals surface area contributed by atoms with E-state index in [1.54, 1.807) is 12.1 Å². The molecule has 1 aromatic carbocycles. The van der Waals surface area contributed by atoms with Gasteiger partial charge in [0.15, 0.2) is 0 Å². The number of hydrogen-bond donors (Lipinski definition) is 2. The van der Waals surface area contributed by atoms with Gasteiger partial charge in [0.05, 0.1) is 0 Å². The third-order valence-electron chi connectivity index (χ3n) is 3.43. The smallest absolute Gasteiger partial charge is 0.220 e. The molecule has 20 heavy (non-hydrogen) atoms. The molecule has 0 atom stereocenters. The third kappa shape index (κ3) is 7.82. The second-order valence-electron chi connectivity index (χ2n) is 5.31. The van der Waals surface area contributed by atoms with Crippen LogP contribution in [0.4, 0.5) is 0 Å². The van der Waals surface area contributed by atoms with Crippen LogP contribution in [0.25, 0.3) is 0 Å². The molecule has 0 saturated heterocycles. The Morgan fingerprint density at radius 3 is 2.25 bits per heavy atom. The molecule has 0 bridgehead atoms. The summed E-state index contributed by atoms with van der Waals surface area (Å²) in [6.45, 7) is 2.76. The van der Waals surface area contributed by atoms with E-state index in [1.807, 2.05) is 12.1 Å². The van der Waals surface area contributed by atoms with Gasteiger partial charge in [0.1, 0.15) is 5.75 Å². The van der Waals surface area contributed by atoms with Crippen LogP contribution in [-0.4, -0.2) is 11.0 Å². The van der Waals surface area contributed by atoms with E-state index in [2.05, 4.69) is 12.2 Å². The summed E-state index contributed by atoms with van der Waals surface area (Å²) in [6.07, 6.45) is 9.21. The van der Waals surface area contributed by atoms with Gasteiger partial charge < -0.3 is 10.4 Å². The standard InChI is InChI=1S/C17H27NO2/c1-2-3-4-5-6-7-8-9-17(20)18-14-15-10-12-16(19)13-11-15/h10-13,19H,2-9,14H2,1H3,(H,18,20). The van der Waals surface area contributed by atoms with Crippen LogP contribution >= 0.6 is 0 Å². The van der Waals surface area contributed by atoms with Crippen LogP contribution in [0.3, 0.4) is 0 Å². The molecular weight excluding hydrogens is 250 g/mol. The van der Waals surface area contributed by atoms with Crippen LogP contribution in [0.5, 0.6) is 5.75 Å². The van der Waals surface area contributed by atoms with Crippen molar-refractivity contribution in [3.8, 4) is 5.75 Å². The minimum atomic E-state index is 0.117. The number of phenolic OH excluding ortho intramolecular Hbond substituents is 1. The molecule has 0 radical (unpaired) electrons. The van der Waals surface area contributed by atoms with Crippen molar-refractivity contribution in [2.24, 2.45) is 0 Å². The van der Waals surface area contributed by atoms with E-state index >= 15 is 0 Å². The summed E-state index contributed by atoms with van der Waals surface area (Å²) in [5.74, 6) is 0.370. The SMILES string of the molecule is CCCCCCCCCC(=O)NCc1ccc(O)cc1. The van der Waals surface area contributed by atoms with E-state index < -0.39 is 0 Å². The largest absolute Gasteiger partial charge is 0.508 e. The van der Waals surface area contributed by atoms with Gasteiger partial charge in [-0.1, -0.05) is 57.6 Å². The van der Waals surface area contributed by atoms with Crippen LogP contribution in [0, 0.1) is 0 Å². The maximum absolute atomic E-state index is 11.7. The molecule has 1 aromatic rings. The lowest BCUT2D eigenvalue weighted by atomic mass is 10.1. The number of aromatic hydroxyl groups is 1. The fourth-order valence-corrected chi connectivity index (χ4v) is 2.15. The Kier molecular flexibility index (Phi) is 8.52. The molecule has 2 N–H and O–H groups in total. The van der Waals surface area contributed by atoms with Crippen LogP contribution in [0.15, 0.2) is 24.3 Å². The number of benzene rings is 1. The number of carbonyl (C=O) groups is 1. The van der Waals surface area contributed by atoms with E-state index in [0.29, 0.717) is 13.0 Å². The predicted octanol–water partition coefficient (Wildman–Crippen LogP) is 4.15. The van der Waals surface area contributed by atoms with E-state index in [9.17, 15) is 4.79 Å². The molecule has 0 aliphatic rings. The monoisotopic (exact) mass is 277 g/mol. The van der Waals surface area contributed by atoms with E-state index in [0.717, 1.165) is 18.4 Å². The fourth-order valence-electron chi connectivity index (χ4n) is 2.15.